The fraction of sp³-hybridized carbons (Fsp3) is 0.727. The van der Waals surface area contributed by atoms with Gasteiger partial charge in [0.25, 0.3) is 5.91 Å². The quantitative estimate of drug-likeness (QED) is 0.743. The number of nitrogens with zero attached hydrogens (tertiary/aromatic N) is 1. The Bertz CT molecular complexity index is 321. The third kappa shape index (κ3) is 3.64. The van der Waals surface area contributed by atoms with E-state index in [0.717, 1.165) is 6.42 Å². The van der Waals surface area contributed by atoms with Crippen LogP contribution in [0.5, 0.6) is 0 Å². The van der Waals surface area contributed by atoms with Gasteiger partial charge in [-0.15, -0.1) is 0 Å². The van der Waals surface area contributed by atoms with E-state index in [4.69, 9.17) is 0 Å². The van der Waals surface area contributed by atoms with Gasteiger partial charge in [0.2, 0.25) is 5.91 Å². The summed E-state index contributed by atoms with van der Waals surface area (Å²) >= 11 is 0. The molecule has 0 saturated heterocycles. The lowest BCUT2D eigenvalue weighted by Gasteiger charge is -2.23. The highest BCUT2D eigenvalue weighted by atomic mass is 16.2. The maximum Gasteiger partial charge on any atom is 0.267 e. The molecule has 1 aliphatic rings. The molecule has 2 N–H and O–H groups in total. The Morgan fingerprint density at radius 2 is 2.19 bits per heavy atom. The van der Waals surface area contributed by atoms with Gasteiger partial charge >= 0.3 is 0 Å². The van der Waals surface area contributed by atoms with Crippen LogP contribution in [0, 0.1) is 5.41 Å². The minimum atomic E-state index is -0.179. The van der Waals surface area contributed by atoms with Gasteiger partial charge < -0.3 is 5.32 Å². The molecule has 2 amide bonds. The topological polar surface area (TPSA) is 70.6 Å². The molecule has 5 heteroatoms. The highest BCUT2D eigenvalue weighted by Gasteiger charge is 2.21. The number of carbonyl (C=O) groups is 2. The molecule has 0 aromatic heterocycles. The van der Waals surface area contributed by atoms with Crippen molar-refractivity contribution in [3.8, 4) is 0 Å². The average Bonchev–Trinajstić information content (AvgIpc) is 2.27. The third-order valence-electron chi connectivity index (χ3n) is 2.85. The average molecular weight is 225 g/mol. The van der Waals surface area contributed by atoms with E-state index in [2.05, 4.69) is 36.6 Å². The van der Waals surface area contributed by atoms with Crippen molar-refractivity contribution in [1.29, 1.82) is 0 Å². The van der Waals surface area contributed by atoms with Gasteiger partial charge in [-0.3, -0.25) is 9.59 Å². The molecule has 1 heterocycles. The molecule has 0 radical (unpaired) electrons. The fourth-order valence-electron chi connectivity index (χ4n) is 1.18. The van der Waals surface area contributed by atoms with Crippen LogP contribution >= 0.6 is 0 Å². The Morgan fingerprint density at radius 3 is 2.69 bits per heavy atom. The summed E-state index contributed by atoms with van der Waals surface area (Å²) in [5.74, 6) is -0.313. The predicted molar refractivity (Wildman–Crippen MR) is 61.9 cm³/mol. The van der Waals surface area contributed by atoms with Crippen LogP contribution in [-0.2, 0) is 9.59 Å². The van der Waals surface area contributed by atoms with Gasteiger partial charge in [0, 0.05) is 19.4 Å². The second kappa shape index (κ2) is 5.09. The number of rotatable bonds is 4. The van der Waals surface area contributed by atoms with E-state index in [9.17, 15) is 9.59 Å². The zero-order valence-electron chi connectivity index (χ0n) is 10.1. The molecule has 1 rings (SSSR count). The van der Waals surface area contributed by atoms with Crippen molar-refractivity contribution in [3.05, 3.63) is 0 Å². The van der Waals surface area contributed by atoms with Crippen molar-refractivity contribution in [3.63, 3.8) is 0 Å². The molecule has 0 aromatic rings. The van der Waals surface area contributed by atoms with Gasteiger partial charge in [0.15, 0.2) is 0 Å². The van der Waals surface area contributed by atoms with E-state index in [1.165, 1.54) is 0 Å². The molecule has 1 aliphatic heterocycles. The van der Waals surface area contributed by atoms with Crippen LogP contribution in [0.3, 0.4) is 0 Å². The van der Waals surface area contributed by atoms with Gasteiger partial charge in [0.05, 0.1) is 0 Å². The Morgan fingerprint density at radius 1 is 1.50 bits per heavy atom. The van der Waals surface area contributed by atoms with Crippen molar-refractivity contribution >= 4 is 17.5 Å². The number of carbonyl (C=O) groups excluding carboxylic acids is 2. The van der Waals surface area contributed by atoms with Gasteiger partial charge in [0.1, 0.15) is 5.71 Å². The van der Waals surface area contributed by atoms with Crippen LogP contribution < -0.4 is 10.7 Å². The minimum Gasteiger partial charge on any atom is -0.350 e. The Balaban J connectivity index is 2.44. The Hall–Kier alpha value is -1.39. The monoisotopic (exact) mass is 225 g/mol. The zero-order chi connectivity index (χ0) is 12.2. The third-order valence-corrected chi connectivity index (χ3v) is 2.85. The van der Waals surface area contributed by atoms with Crippen LogP contribution in [0.1, 0.15) is 40.0 Å². The molecule has 0 aliphatic carbocycles. The summed E-state index contributed by atoms with van der Waals surface area (Å²) in [5.41, 5.74) is 2.81. The molecule has 0 saturated carbocycles. The lowest BCUT2D eigenvalue weighted by Crippen LogP contribution is -2.40. The van der Waals surface area contributed by atoms with Crippen LogP contribution in [-0.4, -0.2) is 24.1 Å². The largest absolute Gasteiger partial charge is 0.350 e. The predicted octanol–water partition coefficient (Wildman–Crippen LogP) is 0.805. The highest BCUT2D eigenvalue weighted by molar-refractivity contribution is 6.39. The first-order valence-electron chi connectivity index (χ1n) is 5.58. The molecule has 0 unspecified atom stereocenters. The molecule has 90 valence electrons. The number of hydrogen-bond donors (Lipinski definition) is 2. The van der Waals surface area contributed by atoms with E-state index < -0.39 is 0 Å². The molecular formula is C11H19N3O2. The summed E-state index contributed by atoms with van der Waals surface area (Å²) in [6.45, 7) is 6.90. The second-order valence-corrected chi connectivity index (χ2v) is 4.79. The highest BCUT2D eigenvalue weighted by Crippen LogP contribution is 2.17. The molecule has 0 spiro atoms. The molecule has 0 bridgehead atoms. The number of hydrogen-bond acceptors (Lipinski definition) is 3. The smallest absolute Gasteiger partial charge is 0.267 e. The van der Waals surface area contributed by atoms with Gasteiger partial charge in [-0.25, -0.2) is 5.43 Å². The standard InChI is InChI=1S/C11H19N3O2/c1-4-11(2,3)7-12-10(16)8-5-6-9(15)14-13-8/h4-7H2,1-3H3,(H,12,16)(H,14,15). The fourth-order valence-corrected chi connectivity index (χ4v) is 1.18. The van der Waals surface area contributed by atoms with Crippen molar-refractivity contribution in [2.24, 2.45) is 10.5 Å². The number of nitrogens with one attached hydrogen (secondary N) is 2. The summed E-state index contributed by atoms with van der Waals surface area (Å²) in [6.07, 6.45) is 1.75. The van der Waals surface area contributed by atoms with Crippen molar-refractivity contribution in [2.45, 2.75) is 40.0 Å². The first-order valence-corrected chi connectivity index (χ1v) is 5.58. The summed E-state index contributed by atoms with van der Waals surface area (Å²) in [7, 11) is 0. The minimum absolute atomic E-state index is 0.0914. The van der Waals surface area contributed by atoms with Crippen LogP contribution in [0.25, 0.3) is 0 Å². The maximum absolute atomic E-state index is 11.7. The molecule has 0 atom stereocenters. The zero-order valence-corrected chi connectivity index (χ0v) is 10.1. The Labute approximate surface area is 95.7 Å². The van der Waals surface area contributed by atoms with Crippen LogP contribution in [0.2, 0.25) is 0 Å². The molecule has 0 aromatic carbocycles. The van der Waals surface area contributed by atoms with E-state index in [0.29, 0.717) is 25.1 Å². The lowest BCUT2D eigenvalue weighted by atomic mass is 9.90. The van der Waals surface area contributed by atoms with E-state index in [1.807, 2.05) is 0 Å². The van der Waals surface area contributed by atoms with Crippen LogP contribution in [0.15, 0.2) is 5.10 Å². The summed E-state index contributed by atoms with van der Waals surface area (Å²) in [6, 6.07) is 0. The van der Waals surface area contributed by atoms with Crippen molar-refractivity contribution in [2.75, 3.05) is 6.54 Å². The second-order valence-electron chi connectivity index (χ2n) is 4.79. The van der Waals surface area contributed by atoms with Gasteiger partial charge in [-0.05, 0) is 11.8 Å². The molecular weight excluding hydrogens is 206 g/mol. The molecule has 0 fully saturated rings. The van der Waals surface area contributed by atoms with Gasteiger partial charge in [-0.2, -0.15) is 5.10 Å². The first-order chi connectivity index (χ1) is 7.44. The van der Waals surface area contributed by atoms with Gasteiger partial charge in [-0.1, -0.05) is 20.8 Å². The van der Waals surface area contributed by atoms with Crippen LogP contribution in [0.4, 0.5) is 0 Å². The summed E-state index contributed by atoms with van der Waals surface area (Å²) in [5, 5.41) is 6.58. The van der Waals surface area contributed by atoms with Crippen molar-refractivity contribution < 1.29 is 9.59 Å². The summed E-state index contributed by atoms with van der Waals surface area (Å²) < 4.78 is 0. The SMILES string of the molecule is CCC(C)(C)CNC(=O)C1=NNC(=O)CC1. The van der Waals surface area contributed by atoms with E-state index >= 15 is 0 Å². The maximum atomic E-state index is 11.7. The number of amides is 2. The normalized spacial score (nSPS) is 16.4. The lowest BCUT2D eigenvalue weighted by molar-refractivity contribution is -0.121. The van der Waals surface area contributed by atoms with E-state index in [1.54, 1.807) is 0 Å². The first kappa shape index (κ1) is 12.7. The molecule has 16 heavy (non-hydrogen) atoms. The molecule has 5 nitrogen and oxygen atoms in total. The van der Waals surface area contributed by atoms with E-state index in [-0.39, 0.29) is 17.2 Å². The van der Waals surface area contributed by atoms with Crippen molar-refractivity contribution in [1.82, 2.24) is 10.7 Å². The Kier molecular flexibility index (Phi) is 4.04. The summed E-state index contributed by atoms with van der Waals surface area (Å²) in [4.78, 5) is 22.5. The number of hydrazone groups is 1.